The van der Waals surface area contributed by atoms with Crippen molar-refractivity contribution in [3.8, 4) is 16.9 Å². The number of methoxy groups -OCH3 is 1. The van der Waals surface area contributed by atoms with E-state index in [4.69, 9.17) is 10.5 Å². The van der Waals surface area contributed by atoms with Crippen molar-refractivity contribution < 1.29 is 26.7 Å². The number of rotatable bonds is 5. The van der Waals surface area contributed by atoms with Gasteiger partial charge in [-0.25, -0.2) is 18.6 Å². The summed E-state index contributed by atoms with van der Waals surface area (Å²) in [4.78, 5) is 30.3. The SMILES string of the molecule is COc1c(F)cc(F)cc1-c1c(CN)c(C(F)(F)F)nc2c1c(=O)n(Cc1ccccc1)c(=O)n2C. The molecule has 188 valence electrons. The Morgan fingerprint density at radius 1 is 1.08 bits per heavy atom. The summed E-state index contributed by atoms with van der Waals surface area (Å²) in [5.74, 6) is -2.93. The molecule has 0 aliphatic rings. The second-order valence-electron chi connectivity index (χ2n) is 7.90. The number of aryl methyl sites for hydroxylation is 1. The normalized spacial score (nSPS) is 11.8. The molecule has 0 saturated heterocycles. The molecule has 0 aliphatic heterocycles. The third-order valence-corrected chi connectivity index (χ3v) is 5.71. The maximum Gasteiger partial charge on any atom is 0.433 e. The van der Waals surface area contributed by atoms with Gasteiger partial charge in [-0.05, 0) is 11.6 Å². The van der Waals surface area contributed by atoms with Gasteiger partial charge < -0.3 is 10.5 Å². The molecule has 2 heterocycles. The average molecular weight is 506 g/mol. The quantitative estimate of drug-likeness (QED) is 0.418. The van der Waals surface area contributed by atoms with Gasteiger partial charge in [-0.15, -0.1) is 0 Å². The van der Waals surface area contributed by atoms with Gasteiger partial charge in [0.2, 0.25) is 0 Å². The molecule has 0 bridgehead atoms. The van der Waals surface area contributed by atoms with Crippen molar-refractivity contribution in [3.63, 3.8) is 0 Å². The summed E-state index contributed by atoms with van der Waals surface area (Å²) in [5, 5.41) is -0.468. The monoisotopic (exact) mass is 506 g/mol. The molecule has 2 aromatic carbocycles. The fourth-order valence-electron chi connectivity index (χ4n) is 4.14. The number of ether oxygens (including phenoxy) is 1. The van der Waals surface area contributed by atoms with Gasteiger partial charge in [0.1, 0.15) is 5.82 Å². The summed E-state index contributed by atoms with van der Waals surface area (Å²) >= 11 is 0. The Balaban J connectivity index is 2.26. The van der Waals surface area contributed by atoms with Crippen LogP contribution in [0.15, 0.2) is 52.1 Å². The van der Waals surface area contributed by atoms with E-state index in [1.165, 1.54) is 0 Å². The minimum absolute atomic E-state index is 0.213. The standard InChI is InChI=1S/C24H19F5N4O3/c1-32-21-18(22(34)33(23(32)35)11-12-6-4-3-5-7-12)17(15(10-30)20(31-21)24(27,28)29)14-8-13(25)9-16(26)19(14)36-2/h3-9H,10-11,30H2,1-2H3. The van der Waals surface area contributed by atoms with Crippen molar-refractivity contribution in [2.75, 3.05) is 7.11 Å². The Morgan fingerprint density at radius 2 is 1.75 bits per heavy atom. The van der Waals surface area contributed by atoms with Gasteiger partial charge in [-0.1, -0.05) is 30.3 Å². The van der Waals surface area contributed by atoms with E-state index in [-0.39, 0.29) is 6.54 Å². The van der Waals surface area contributed by atoms with Crippen LogP contribution in [-0.2, 0) is 26.3 Å². The molecule has 0 aliphatic carbocycles. The van der Waals surface area contributed by atoms with Crippen LogP contribution in [0.3, 0.4) is 0 Å². The highest BCUT2D eigenvalue weighted by atomic mass is 19.4. The Morgan fingerprint density at radius 3 is 2.33 bits per heavy atom. The number of benzene rings is 2. The molecule has 0 radical (unpaired) electrons. The first-order chi connectivity index (χ1) is 17.0. The van der Waals surface area contributed by atoms with Crippen molar-refractivity contribution in [2.24, 2.45) is 12.8 Å². The predicted octanol–water partition coefficient (Wildman–Crippen LogP) is 3.57. The molecule has 0 fully saturated rings. The van der Waals surface area contributed by atoms with E-state index >= 15 is 0 Å². The Hall–Kier alpha value is -4.06. The number of pyridine rings is 1. The van der Waals surface area contributed by atoms with Crippen LogP contribution in [-0.4, -0.2) is 21.2 Å². The number of aromatic nitrogens is 3. The lowest BCUT2D eigenvalue weighted by Gasteiger charge is -2.21. The Bertz CT molecular complexity index is 1590. The first-order valence-corrected chi connectivity index (χ1v) is 10.5. The van der Waals surface area contributed by atoms with Crippen LogP contribution in [0, 0.1) is 11.6 Å². The van der Waals surface area contributed by atoms with E-state index in [1.54, 1.807) is 30.3 Å². The summed E-state index contributed by atoms with van der Waals surface area (Å²) in [6.07, 6.45) is -5.06. The molecule has 0 atom stereocenters. The summed E-state index contributed by atoms with van der Waals surface area (Å²) in [5.41, 5.74) is 0.511. The third kappa shape index (κ3) is 4.13. The number of alkyl halides is 3. The number of hydrogen-bond donors (Lipinski definition) is 1. The van der Waals surface area contributed by atoms with E-state index in [2.05, 4.69) is 4.98 Å². The van der Waals surface area contributed by atoms with Gasteiger partial charge in [0.25, 0.3) is 5.56 Å². The van der Waals surface area contributed by atoms with Crippen LogP contribution >= 0.6 is 0 Å². The van der Waals surface area contributed by atoms with Gasteiger partial charge in [0.05, 0.1) is 19.0 Å². The zero-order valence-corrected chi connectivity index (χ0v) is 19.0. The highest BCUT2D eigenvalue weighted by Crippen LogP contribution is 2.42. The largest absolute Gasteiger partial charge is 0.493 e. The summed E-state index contributed by atoms with van der Waals surface area (Å²) in [6, 6.07) is 9.62. The highest BCUT2D eigenvalue weighted by Gasteiger charge is 2.39. The number of fused-ring (bicyclic) bond motifs is 1. The zero-order valence-electron chi connectivity index (χ0n) is 19.0. The molecular formula is C24H19F5N4O3. The maximum absolute atomic E-state index is 14.6. The molecule has 2 aromatic heterocycles. The van der Waals surface area contributed by atoms with Crippen LogP contribution in [0.25, 0.3) is 22.2 Å². The van der Waals surface area contributed by atoms with E-state index in [0.717, 1.165) is 29.4 Å². The van der Waals surface area contributed by atoms with Gasteiger partial charge in [-0.2, -0.15) is 13.2 Å². The summed E-state index contributed by atoms with van der Waals surface area (Å²) in [7, 11) is 2.19. The molecule has 0 saturated carbocycles. The van der Waals surface area contributed by atoms with Gasteiger partial charge in [0.15, 0.2) is 22.9 Å². The number of hydrogen-bond acceptors (Lipinski definition) is 5. The smallest absolute Gasteiger partial charge is 0.433 e. The molecule has 0 amide bonds. The molecule has 0 unspecified atom stereocenters. The molecule has 2 N–H and O–H groups in total. The lowest BCUT2D eigenvalue weighted by atomic mass is 9.94. The minimum Gasteiger partial charge on any atom is -0.493 e. The average Bonchev–Trinajstić information content (AvgIpc) is 2.83. The Labute approximate surface area is 200 Å². The first-order valence-electron chi connectivity index (χ1n) is 10.5. The van der Waals surface area contributed by atoms with Crippen molar-refractivity contribution >= 4 is 11.0 Å². The molecule has 0 spiro atoms. The van der Waals surface area contributed by atoms with Crippen LogP contribution in [0.4, 0.5) is 22.0 Å². The molecule has 4 rings (SSSR count). The molecule has 7 nitrogen and oxygen atoms in total. The van der Waals surface area contributed by atoms with E-state index < -0.39 is 74.8 Å². The second-order valence-corrected chi connectivity index (χ2v) is 7.90. The lowest BCUT2D eigenvalue weighted by Crippen LogP contribution is -2.40. The van der Waals surface area contributed by atoms with E-state index in [1.807, 2.05) is 0 Å². The predicted molar refractivity (Wildman–Crippen MR) is 122 cm³/mol. The van der Waals surface area contributed by atoms with E-state index in [0.29, 0.717) is 11.6 Å². The summed E-state index contributed by atoms with van der Waals surface area (Å²) in [6.45, 7) is -0.995. The van der Waals surface area contributed by atoms with Crippen molar-refractivity contribution in [2.45, 2.75) is 19.3 Å². The number of halogens is 5. The molecule has 36 heavy (non-hydrogen) atoms. The van der Waals surface area contributed by atoms with Gasteiger partial charge in [0, 0.05) is 36.3 Å². The third-order valence-electron chi connectivity index (χ3n) is 5.71. The summed E-state index contributed by atoms with van der Waals surface area (Å²) < 4.78 is 77.6. The lowest BCUT2D eigenvalue weighted by molar-refractivity contribution is -0.141. The molecular weight excluding hydrogens is 487 g/mol. The minimum atomic E-state index is -5.06. The fourth-order valence-corrected chi connectivity index (χ4v) is 4.14. The van der Waals surface area contributed by atoms with Crippen LogP contribution in [0.1, 0.15) is 16.8 Å². The Kier molecular flexibility index (Phi) is 6.39. The molecule has 12 heteroatoms. The maximum atomic E-state index is 14.6. The second kappa shape index (κ2) is 9.19. The first kappa shape index (κ1) is 25.0. The number of nitrogens with two attached hydrogens (primary N) is 1. The van der Waals surface area contributed by atoms with Crippen LogP contribution in [0.2, 0.25) is 0 Å². The van der Waals surface area contributed by atoms with Crippen LogP contribution in [0.5, 0.6) is 5.75 Å². The number of nitrogens with zero attached hydrogens (tertiary/aromatic N) is 3. The van der Waals surface area contributed by atoms with Gasteiger partial charge >= 0.3 is 11.9 Å². The molecule has 4 aromatic rings. The zero-order chi connectivity index (χ0) is 26.4. The van der Waals surface area contributed by atoms with Gasteiger partial charge in [-0.3, -0.25) is 13.9 Å². The topological polar surface area (TPSA) is 92.1 Å². The van der Waals surface area contributed by atoms with Crippen molar-refractivity contribution in [3.05, 3.63) is 91.8 Å². The highest BCUT2D eigenvalue weighted by molar-refractivity contribution is 5.96. The van der Waals surface area contributed by atoms with E-state index in [9.17, 15) is 31.5 Å². The van der Waals surface area contributed by atoms with Crippen molar-refractivity contribution in [1.82, 2.24) is 14.1 Å². The fraction of sp³-hybridized carbons (Fsp3) is 0.208. The van der Waals surface area contributed by atoms with Crippen LogP contribution < -0.4 is 21.7 Å². The van der Waals surface area contributed by atoms with Crippen molar-refractivity contribution in [1.29, 1.82) is 0 Å².